The second kappa shape index (κ2) is 8.24. The highest BCUT2D eigenvalue weighted by Crippen LogP contribution is 2.37. The van der Waals surface area contributed by atoms with E-state index < -0.39 is 0 Å². The van der Waals surface area contributed by atoms with Gasteiger partial charge in [0, 0.05) is 16.7 Å². The lowest BCUT2D eigenvalue weighted by Gasteiger charge is -2.27. The van der Waals surface area contributed by atoms with Crippen LogP contribution in [0.25, 0.3) is 0 Å². The van der Waals surface area contributed by atoms with Crippen LogP contribution < -0.4 is 5.32 Å². The lowest BCUT2D eigenvalue weighted by Crippen LogP contribution is -2.20. The number of hydrogen-bond acceptors (Lipinski definition) is 2. The number of nitrogens with one attached hydrogen (secondary N) is 1. The molecule has 2 heteroatoms. The third-order valence-electron chi connectivity index (χ3n) is 4.27. The van der Waals surface area contributed by atoms with Crippen LogP contribution in [0, 0.1) is 18.8 Å². The number of thioether (sulfide) groups is 1. The van der Waals surface area contributed by atoms with E-state index in [4.69, 9.17) is 0 Å². The van der Waals surface area contributed by atoms with Crippen LogP contribution in [-0.2, 0) is 6.54 Å². The van der Waals surface area contributed by atoms with Crippen LogP contribution in [0.1, 0.15) is 57.6 Å². The van der Waals surface area contributed by atoms with Crippen molar-refractivity contribution in [3.05, 3.63) is 29.3 Å². The third-order valence-corrected chi connectivity index (χ3v) is 5.68. The predicted molar refractivity (Wildman–Crippen MR) is 95.0 cm³/mol. The summed E-state index contributed by atoms with van der Waals surface area (Å²) in [5, 5.41) is 4.42. The molecular formula is C19H31NS. The monoisotopic (exact) mass is 305 g/mol. The first kappa shape index (κ1) is 16.9. The summed E-state index contributed by atoms with van der Waals surface area (Å²) in [4.78, 5) is 1.50. The van der Waals surface area contributed by atoms with Gasteiger partial charge in [0.1, 0.15) is 0 Å². The molecule has 2 rings (SSSR count). The normalized spacial score (nSPS) is 22.7. The zero-order valence-electron chi connectivity index (χ0n) is 14.1. The zero-order chi connectivity index (χ0) is 15.2. The van der Waals surface area contributed by atoms with E-state index in [1.807, 2.05) is 0 Å². The molecule has 1 saturated carbocycles. The Bertz CT molecular complexity index is 441. The molecule has 1 N–H and O–H groups in total. The molecule has 21 heavy (non-hydrogen) atoms. The summed E-state index contributed by atoms with van der Waals surface area (Å²) >= 11 is 2.12. The van der Waals surface area contributed by atoms with Crippen molar-refractivity contribution >= 4 is 11.8 Å². The van der Waals surface area contributed by atoms with Gasteiger partial charge >= 0.3 is 0 Å². The molecular weight excluding hydrogens is 274 g/mol. The molecule has 2 atom stereocenters. The molecule has 0 radical (unpaired) electrons. The second-order valence-electron chi connectivity index (χ2n) is 7.15. The van der Waals surface area contributed by atoms with Gasteiger partial charge in [-0.3, -0.25) is 0 Å². The fraction of sp³-hybridized carbons (Fsp3) is 0.684. The molecule has 0 saturated heterocycles. The standard InChI is InChI=1S/C19H31NS/c1-14(2)12-20-13-17-10-16(4)8-9-19(17)21-18-7-5-6-15(3)11-18/h8-10,14-15,18,20H,5-7,11-13H2,1-4H3. The predicted octanol–water partition coefficient (Wildman–Crippen LogP) is 5.41. The Labute approximate surface area is 135 Å². The summed E-state index contributed by atoms with van der Waals surface area (Å²) in [6, 6.07) is 6.97. The summed E-state index contributed by atoms with van der Waals surface area (Å²) in [7, 11) is 0. The molecule has 1 aromatic rings. The fourth-order valence-corrected chi connectivity index (χ4v) is 4.62. The van der Waals surface area contributed by atoms with Crippen molar-refractivity contribution in [2.24, 2.45) is 11.8 Å². The summed E-state index contributed by atoms with van der Waals surface area (Å²) < 4.78 is 0. The average molecular weight is 306 g/mol. The first-order chi connectivity index (χ1) is 10.0. The summed E-state index contributed by atoms with van der Waals surface area (Å²) in [5.74, 6) is 1.62. The fourth-order valence-electron chi connectivity index (χ4n) is 3.12. The molecule has 0 aliphatic heterocycles. The van der Waals surface area contributed by atoms with E-state index in [-0.39, 0.29) is 0 Å². The van der Waals surface area contributed by atoms with E-state index >= 15 is 0 Å². The topological polar surface area (TPSA) is 12.0 Å². The third kappa shape index (κ3) is 5.67. The van der Waals surface area contributed by atoms with Gasteiger partial charge in [-0.15, -0.1) is 11.8 Å². The number of aryl methyl sites for hydroxylation is 1. The Morgan fingerprint density at radius 3 is 2.81 bits per heavy atom. The number of benzene rings is 1. The van der Waals surface area contributed by atoms with E-state index in [1.165, 1.54) is 41.7 Å². The van der Waals surface area contributed by atoms with Crippen LogP contribution in [0.3, 0.4) is 0 Å². The van der Waals surface area contributed by atoms with Crippen LogP contribution >= 0.6 is 11.8 Å². The van der Waals surface area contributed by atoms with Crippen molar-refractivity contribution in [2.75, 3.05) is 6.54 Å². The molecule has 1 aromatic carbocycles. The highest BCUT2D eigenvalue weighted by atomic mass is 32.2. The van der Waals surface area contributed by atoms with E-state index in [9.17, 15) is 0 Å². The van der Waals surface area contributed by atoms with Gasteiger partial charge in [0.15, 0.2) is 0 Å². The second-order valence-corrected chi connectivity index (χ2v) is 8.49. The molecule has 0 heterocycles. The van der Waals surface area contributed by atoms with Crippen molar-refractivity contribution in [3.63, 3.8) is 0 Å². The van der Waals surface area contributed by atoms with Gasteiger partial charge < -0.3 is 5.32 Å². The molecule has 0 bridgehead atoms. The zero-order valence-corrected chi connectivity index (χ0v) is 14.9. The van der Waals surface area contributed by atoms with Crippen LogP contribution in [-0.4, -0.2) is 11.8 Å². The van der Waals surface area contributed by atoms with Gasteiger partial charge in [-0.2, -0.15) is 0 Å². The minimum absolute atomic E-state index is 0.713. The van der Waals surface area contributed by atoms with Crippen molar-refractivity contribution in [1.82, 2.24) is 5.32 Å². The molecule has 1 nitrogen and oxygen atoms in total. The number of hydrogen-bond donors (Lipinski definition) is 1. The Hall–Kier alpha value is -0.470. The Morgan fingerprint density at radius 2 is 2.10 bits per heavy atom. The van der Waals surface area contributed by atoms with Gasteiger partial charge in [0.25, 0.3) is 0 Å². The quantitative estimate of drug-likeness (QED) is 0.754. The van der Waals surface area contributed by atoms with Crippen molar-refractivity contribution in [2.45, 2.75) is 70.1 Å². The molecule has 2 unspecified atom stereocenters. The SMILES string of the molecule is Cc1ccc(SC2CCCC(C)C2)c(CNCC(C)C)c1. The maximum absolute atomic E-state index is 3.60. The first-order valence-electron chi connectivity index (χ1n) is 8.51. The molecule has 1 aliphatic rings. The smallest absolute Gasteiger partial charge is 0.0216 e. The maximum atomic E-state index is 3.60. The number of rotatable bonds is 6. The molecule has 1 fully saturated rings. The van der Waals surface area contributed by atoms with Crippen molar-refractivity contribution < 1.29 is 0 Å². The summed E-state index contributed by atoms with van der Waals surface area (Å²) in [5.41, 5.74) is 2.86. The lowest BCUT2D eigenvalue weighted by atomic mass is 9.91. The van der Waals surface area contributed by atoms with E-state index in [0.29, 0.717) is 5.92 Å². The Balaban J connectivity index is 2.00. The highest BCUT2D eigenvalue weighted by molar-refractivity contribution is 8.00. The van der Waals surface area contributed by atoms with Crippen LogP contribution in [0.4, 0.5) is 0 Å². The van der Waals surface area contributed by atoms with Gasteiger partial charge in [-0.1, -0.05) is 51.3 Å². The van der Waals surface area contributed by atoms with Crippen LogP contribution in [0.5, 0.6) is 0 Å². The van der Waals surface area contributed by atoms with Gasteiger partial charge in [-0.05, 0) is 49.8 Å². The minimum Gasteiger partial charge on any atom is -0.312 e. The van der Waals surface area contributed by atoms with E-state index in [1.54, 1.807) is 0 Å². The van der Waals surface area contributed by atoms with Crippen molar-refractivity contribution in [3.8, 4) is 0 Å². The Kier molecular flexibility index (Phi) is 6.63. The average Bonchev–Trinajstić information content (AvgIpc) is 2.41. The molecule has 118 valence electrons. The molecule has 0 amide bonds. The first-order valence-corrected chi connectivity index (χ1v) is 9.39. The van der Waals surface area contributed by atoms with Crippen molar-refractivity contribution in [1.29, 1.82) is 0 Å². The molecule has 1 aliphatic carbocycles. The lowest BCUT2D eigenvalue weighted by molar-refractivity contribution is 0.394. The van der Waals surface area contributed by atoms with Gasteiger partial charge in [-0.25, -0.2) is 0 Å². The summed E-state index contributed by atoms with van der Waals surface area (Å²) in [6.07, 6.45) is 5.61. The van der Waals surface area contributed by atoms with Gasteiger partial charge in [0.05, 0.1) is 0 Å². The minimum atomic E-state index is 0.713. The summed E-state index contributed by atoms with van der Waals surface area (Å²) in [6.45, 7) is 11.2. The largest absolute Gasteiger partial charge is 0.312 e. The molecule has 0 aromatic heterocycles. The Morgan fingerprint density at radius 1 is 1.29 bits per heavy atom. The van der Waals surface area contributed by atoms with E-state index in [2.05, 4.69) is 63.0 Å². The van der Waals surface area contributed by atoms with Crippen LogP contribution in [0.2, 0.25) is 0 Å². The maximum Gasteiger partial charge on any atom is 0.0216 e. The van der Waals surface area contributed by atoms with E-state index in [0.717, 1.165) is 24.3 Å². The molecule has 0 spiro atoms. The van der Waals surface area contributed by atoms with Gasteiger partial charge in [0.2, 0.25) is 0 Å². The highest BCUT2D eigenvalue weighted by Gasteiger charge is 2.20. The van der Waals surface area contributed by atoms with Crippen LogP contribution in [0.15, 0.2) is 23.1 Å².